The van der Waals surface area contributed by atoms with Crippen LogP contribution in [0, 0.1) is 11.2 Å². The number of benzene rings is 1. The van der Waals surface area contributed by atoms with Crippen LogP contribution in [-0.2, 0) is 16.0 Å². The summed E-state index contributed by atoms with van der Waals surface area (Å²) in [7, 11) is 0. The number of piperidine rings is 1. The number of amides is 1. The first-order valence-corrected chi connectivity index (χ1v) is 10.5. The molecule has 0 aromatic heterocycles. The molecular weight excluding hydrogens is 359 g/mol. The lowest BCUT2D eigenvalue weighted by molar-refractivity contribution is -0.186. The standard InChI is InChI=1S/C22H31FN2O3/c1-2-18-11-17(26)13-22(28-18)7-9-25(10-8-22)20(27)21(14-24-15-21)12-16-5-3-4-6-19(16)23/h3-6,17-18,24,26H,2,7-15H2,1H3/t17-,18+/m1/s1. The second kappa shape index (κ2) is 7.73. The molecule has 3 aliphatic rings. The van der Waals surface area contributed by atoms with Gasteiger partial charge in [-0.1, -0.05) is 25.1 Å². The van der Waals surface area contributed by atoms with Crippen molar-refractivity contribution < 1.29 is 19.0 Å². The van der Waals surface area contributed by atoms with Crippen molar-refractivity contribution in [3.63, 3.8) is 0 Å². The Bertz CT molecular complexity index is 713. The minimum Gasteiger partial charge on any atom is -0.393 e. The van der Waals surface area contributed by atoms with Crippen LogP contribution in [0.4, 0.5) is 4.39 Å². The number of hydrogen-bond acceptors (Lipinski definition) is 4. The number of aliphatic hydroxyl groups is 1. The quantitative estimate of drug-likeness (QED) is 0.828. The Hall–Kier alpha value is -1.50. The van der Waals surface area contributed by atoms with Gasteiger partial charge < -0.3 is 20.1 Å². The minimum atomic E-state index is -0.550. The molecule has 0 bridgehead atoms. The third-order valence-electron chi connectivity index (χ3n) is 6.84. The Morgan fingerprint density at radius 3 is 2.64 bits per heavy atom. The van der Waals surface area contributed by atoms with E-state index in [9.17, 15) is 14.3 Å². The summed E-state index contributed by atoms with van der Waals surface area (Å²) in [5.74, 6) is -0.123. The Kier molecular flexibility index (Phi) is 5.47. The molecule has 28 heavy (non-hydrogen) atoms. The van der Waals surface area contributed by atoms with E-state index in [2.05, 4.69) is 12.2 Å². The molecule has 0 unspecified atom stereocenters. The number of nitrogens with one attached hydrogen (secondary N) is 1. The predicted octanol–water partition coefficient (Wildman–Crippen LogP) is 2.27. The molecule has 3 aliphatic heterocycles. The van der Waals surface area contributed by atoms with Gasteiger partial charge >= 0.3 is 0 Å². The summed E-state index contributed by atoms with van der Waals surface area (Å²) in [6.07, 6.45) is 4.01. The molecule has 1 aromatic carbocycles. The summed E-state index contributed by atoms with van der Waals surface area (Å²) in [5.41, 5.74) is -0.243. The third kappa shape index (κ3) is 3.70. The van der Waals surface area contributed by atoms with Gasteiger partial charge in [0.1, 0.15) is 5.82 Å². The number of halogens is 1. The first kappa shape index (κ1) is 19.8. The molecule has 1 amide bonds. The van der Waals surface area contributed by atoms with Gasteiger partial charge in [-0.3, -0.25) is 4.79 Å². The highest BCUT2D eigenvalue weighted by molar-refractivity contribution is 5.85. The van der Waals surface area contributed by atoms with Gasteiger partial charge in [0.05, 0.1) is 23.2 Å². The second-order valence-corrected chi connectivity index (χ2v) is 8.87. The van der Waals surface area contributed by atoms with Crippen molar-refractivity contribution in [2.24, 2.45) is 5.41 Å². The van der Waals surface area contributed by atoms with Gasteiger partial charge in [-0.25, -0.2) is 4.39 Å². The Morgan fingerprint density at radius 2 is 2.04 bits per heavy atom. The van der Waals surface area contributed by atoms with Crippen LogP contribution in [0.5, 0.6) is 0 Å². The number of ether oxygens (including phenoxy) is 1. The van der Waals surface area contributed by atoms with Gasteiger partial charge in [-0.05, 0) is 43.7 Å². The molecule has 3 saturated heterocycles. The number of aliphatic hydroxyl groups excluding tert-OH is 1. The van der Waals surface area contributed by atoms with Gasteiger partial charge in [0.2, 0.25) is 5.91 Å². The Balaban J connectivity index is 1.42. The summed E-state index contributed by atoms with van der Waals surface area (Å²) in [6.45, 7) is 4.55. The lowest BCUT2D eigenvalue weighted by atomic mass is 9.74. The van der Waals surface area contributed by atoms with Crippen molar-refractivity contribution in [3.8, 4) is 0 Å². The van der Waals surface area contributed by atoms with Crippen molar-refractivity contribution in [1.82, 2.24) is 10.2 Å². The average molecular weight is 390 g/mol. The van der Waals surface area contributed by atoms with Crippen LogP contribution >= 0.6 is 0 Å². The van der Waals surface area contributed by atoms with E-state index >= 15 is 0 Å². The van der Waals surface area contributed by atoms with E-state index < -0.39 is 5.41 Å². The number of carbonyl (C=O) groups is 1. The maximum absolute atomic E-state index is 14.1. The highest BCUT2D eigenvalue weighted by atomic mass is 19.1. The maximum Gasteiger partial charge on any atom is 0.231 e. The zero-order valence-corrected chi connectivity index (χ0v) is 16.6. The first-order valence-electron chi connectivity index (χ1n) is 10.5. The molecule has 3 heterocycles. The zero-order valence-electron chi connectivity index (χ0n) is 16.6. The zero-order chi connectivity index (χ0) is 19.8. The van der Waals surface area contributed by atoms with E-state index in [0.29, 0.717) is 51.0 Å². The van der Waals surface area contributed by atoms with Crippen molar-refractivity contribution >= 4 is 5.91 Å². The molecule has 154 valence electrons. The second-order valence-electron chi connectivity index (χ2n) is 8.87. The molecule has 4 rings (SSSR count). The van der Waals surface area contributed by atoms with Crippen LogP contribution in [-0.4, -0.2) is 59.9 Å². The van der Waals surface area contributed by atoms with E-state index in [-0.39, 0.29) is 29.5 Å². The topological polar surface area (TPSA) is 61.8 Å². The highest BCUT2D eigenvalue weighted by Crippen LogP contribution is 2.40. The molecule has 0 saturated carbocycles. The van der Waals surface area contributed by atoms with Gasteiger partial charge in [-0.15, -0.1) is 0 Å². The van der Waals surface area contributed by atoms with E-state index in [1.54, 1.807) is 12.1 Å². The van der Waals surface area contributed by atoms with Crippen LogP contribution < -0.4 is 5.32 Å². The number of rotatable bonds is 4. The maximum atomic E-state index is 14.1. The van der Waals surface area contributed by atoms with Gasteiger partial charge in [0.15, 0.2) is 0 Å². The van der Waals surface area contributed by atoms with Crippen molar-refractivity contribution in [1.29, 1.82) is 0 Å². The van der Waals surface area contributed by atoms with E-state index in [0.717, 1.165) is 19.3 Å². The molecule has 5 nitrogen and oxygen atoms in total. The number of likely N-dealkylation sites (tertiary alicyclic amines) is 1. The molecule has 2 atom stereocenters. The monoisotopic (exact) mass is 390 g/mol. The van der Waals surface area contributed by atoms with Crippen molar-refractivity contribution in [2.45, 2.75) is 63.3 Å². The fourth-order valence-corrected chi connectivity index (χ4v) is 5.08. The Labute approximate surface area is 166 Å². The van der Waals surface area contributed by atoms with Crippen LogP contribution in [0.25, 0.3) is 0 Å². The fraction of sp³-hybridized carbons (Fsp3) is 0.682. The molecule has 0 aliphatic carbocycles. The summed E-state index contributed by atoms with van der Waals surface area (Å²) in [5, 5.41) is 13.5. The smallest absolute Gasteiger partial charge is 0.231 e. The van der Waals surface area contributed by atoms with Crippen LogP contribution in [0.3, 0.4) is 0 Å². The largest absolute Gasteiger partial charge is 0.393 e. The number of carbonyl (C=O) groups excluding carboxylic acids is 1. The lowest BCUT2D eigenvalue weighted by Crippen LogP contribution is -2.65. The molecule has 3 fully saturated rings. The molecular formula is C22H31FN2O3. The third-order valence-corrected chi connectivity index (χ3v) is 6.84. The first-order chi connectivity index (χ1) is 13.5. The van der Waals surface area contributed by atoms with E-state index in [1.807, 2.05) is 11.0 Å². The summed E-state index contributed by atoms with van der Waals surface area (Å²) >= 11 is 0. The van der Waals surface area contributed by atoms with E-state index in [1.165, 1.54) is 6.07 Å². The van der Waals surface area contributed by atoms with Gasteiger partial charge in [0, 0.05) is 32.6 Å². The predicted molar refractivity (Wildman–Crippen MR) is 104 cm³/mol. The summed E-state index contributed by atoms with van der Waals surface area (Å²) < 4.78 is 20.5. The Morgan fingerprint density at radius 1 is 1.32 bits per heavy atom. The van der Waals surface area contributed by atoms with Crippen LogP contribution in [0.2, 0.25) is 0 Å². The lowest BCUT2D eigenvalue weighted by Gasteiger charge is -2.50. The SMILES string of the molecule is CC[C@H]1C[C@@H](O)CC2(CCN(C(=O)C3(Cc4ccccc4F)CNC3)CC2)O1. The van der Waals surface area contributed by atoms with Gasteiger partial charge in [0.25, 0.3) is 0 Å². The van der Waals surface area contributed by atoms with Crippen molar-refractivity contribution in [2.75, 3.05) is 26.2 Å². The fourth-order valence-electron chi connectivity index (χ4n) is 5.08. The molecule has 1 aromatic rings. The molecule has 1 spiro atoms. The number of nitrogens with zero attached hydrogens (tertiary/aromatic N) is 1. The van der Waals surface area contributed by atoms with Crippen molar-refractivity contribution in [3.05, 3.63) is 35.6 Å². The van der Waals surface area contributed by atoms with E-state index in [4.69, 9.17) is 4.74 Å². The number of hydrogen-bond donors (Lipinski definition) is 2. The van der Waals surface area contributed by atoms with Gasteiger partial charge in [-0.2, -0.15) is 0 Å². The summed E-state index contributed by atoms with van der Waals surface area (Å²) in [4.78, 5) is 15.3. The average Bonchev–Trinajstić information content (AvgIpc) is 2.65. The summed E-state index contributed by atoms with van der Waals surface area (Å²) in [6, 6.07) is 6.73. The molecule has 0 radical (unpaired) electrons. The highest BCUT2D eigenvalue weighted by Gasteiger charge is 2.49. The normalized spacial score (nSPS) is 28.8. The molecule has 6 heteroatoms. The molecule has 2 N–H and O–H groups in total. The van der Waals surface area contributed by atoms with Crippen LogP contribution in [0.15, 0.2) is 24.3 Å². The van der Waals surface area contributed by atoms with Crippen LogP contribution in [0.1, 0.15) is 44.6 Å². The minimum absolute atomic E-state index is 0.106.